The van der Waals surface area contributed by atoms with Crippen molar-refractivity contribution in [1.82, 2.24) is 20.9 Å². The number of carbonyl (C=O) groups is 2. The van der Waals surface area contributed by atoms with Crippen LogP contribution in [0.15, 0.2) is 42.5 Å². The maximum absolute atomic E-state index is 14.0. The van der Waals surface area contributed by atoms with Crippen molar-refractivity contribution in [3.63, 3.8) is 0 Å². The Morgan fingerprint density at radius 3 is 2.65 bits per heavy atom. The summed E-state index contributed by atoms with van der Waals surface area (Å²) in [6, 6.07) is 12.7. The van der Waals surface area contributed by atoms with Crippen molar-refractivity contribution in [3.8, 4) is 0 Å². The molecule has 1 fully saturated rings. The summed E-state index contributed by atoms with van der Waals surface area (Å²) >= 11 is 0. The van der Waals surface area contributed by atoms with Gasteiger partial charge >= 0.3 is 0 Å². The van der Waals surface area contributed by atoms with Gasteiger partial charge in [-0.3, -0.25) is 9.59 Å². The Labute approximate surface area is 180 Å². The lowest BCUT2D eigenvalue weighted by Gasteiger charge is -2.31. The number of hydrogen-bond donors (Lipinski definition) is 3. The Hall–Kier alpha value is -2.87. The van der Waals surface area contributed by atoms with Crippen LogP contribution in [0.1, 0.15) is 57.8 Å². The van der Waals surface area contributed by atoms with Gasteiger partial charge in [0.25, 0.3) is 17.7 Å². The Bertz CT molecular complexity index is 921. The first kappa shape index (κ1) is 22.8. The zero-order valence-electron chi connectivity index (χ0n) is 17.8. The standard InChI is InChI=1S/C23H28F2N4O2/c1-15(16-6-4-3-5-7-16)19-12-17(13-20(29-19)22(31)26-2)21(30)28-10-8-18-14-27-11-9-23(18,24)25/h3-7,12-13,15,18,27H,8-11,14H2,1-2H3,(H,26,31)(H,28,30)/t15-,18?/m0/s1. The number of rotatable bonds is 7. The molecule has 166 valence electrons. The smallest absolute Gasteiger partial charge is 0.269 e. The van der Waals surface area contributed by atoms with Gasteiger partial charge in [0.1, 0.15) is 5.69 Å². The van der Waals surface area contributed by atoms with E-state index >= 15 is 0 Å². The fourth-order valence-corrected chi connectivity index (χ4v) is 3.72. The largest absolute Gasteiger partial charge is 0.354 e. The fraction of sp³-hybridized carbons (Fsp3) is 0.435. The van der Waals surface area contributed by atoms with Gasteiger partial charge in [-0.15, -0.1) is 0 Å². The van der Waals surface area contributed by atoms with Gasteiger partial charge in [-0.1, -0.05) is 37.3 Å². The Morgan fingerprint density at radius 1 is 1.23 bits per heavy atom. The molecule has 31 heavy (non-hydrogen) atoms. The molecule has 1 aromatic heterocycles. The van der Waals surface area contributed by atoms with E-state index in [4.69, 9.17) is 0 Å². The van der Waals surface area contributed by atoms with Gasteiger partial charge in [0, 0.05) is 56.2 Å². The van der Waals surface area contributed by atoms with Crippen LogP contribution in [0, 0.1) is 5.92 Å². The van der Waals surface area contributed by atoms with Crippen LogP contribution < -0.4 is 16.0 Å². The summed E-state index contributed by atoms with van der Waals surface area (Å²) in [4.78, 5) is 29.4. The summed E-state index contributed by atoms with van der Waals surface area (Å²) < 4.78 is 28.0. The fourth-order valence-electron chi connectivity index (χ4n) is 3.72. The number of aromatic nitrogens is 1. The van der Waals surface area contributed by atoms with Crippen molar-refractivity contribution < 1.29 is 18.4 Å². The number of nitrogens with one attached hydrogen (secondary N) is 3. The van der Waals surface area contributed by atoms with Gasteiger partial charge in [0.2, 0.25) is 0 Å². The first-order valence-corrected chi connectivity index (χ1v) is 10.5. The molecule has 0 saturated carbocycles. The Morgan fingerprint density at radius 2 is 1.97 bits per heavy atom. The van der Waals surface area contributed by atoms with Crippen LogP contribution >= 0.6 is 0 Å². The number of alkyl halides is 2. The van der Waals surface area contributed by atoms with Crippen LogP contribution in [-0.4, -0.2) is 49.4 Å². The second-order valence-corrected chi connectivity index (χ2v) is 7.83. The molecule has 2 amide bonds. The van der Waals surface area contributed by atoms with E-state index in [1.807, 2.05) is 37.3 Å². The lowest BCUT2D eigenvalue weighted by molar-refractivity contribution is -0.0801. The van der Waals surface area contributed by atoms with Crippen molar-refractivity contribution in [2.75, 3.05) is 26.7 Å². The van der Waals surface area contributed by atoms with Gasteiger partial charge in [0.15, 0.2) is 0 Å². The molecule has 0 bridgehead atoms. The van der Waals surface area contributed by atoms with E-state index in [2.05, 4.69) is 20.9 Å². The molecule has 3 N–H and O–H groups in total. The van der Waals surface area contributed by atoms with Crippen molar-refractivity contribution in [2.24, 2.45) is 5.92 Å². The summed E-state index contributed by atoms with van der Waals surface area (Å²) in [7, 11) is 1.50. The average Bonchev–Trinajstić information content (AvgIpc) is 2.79. The molecule has 0 spiro atoms. The predicted molar refractivity (Wildman–Crippen MR) is 114 cm³/mol. The number of piperidine rings is 1. The van der Waals surface area contributed by atoms with Gasteiger partial charge in [-0.25, -0.2) is 13.8 Å². The van der Waals surface area contributed by atoms with Crippen molar-refractivity contribution in [3.05, 3.63) is 65.0 Å². The van der Waals surface area contributed by atoms with Crippen LogP contribution in [0.4, 0.5) is 8.78 Å². The molecule has 3 rings (SSSR count). The number of nitrogens with zero attached hydrogens (tertiary/aromatic N) is 1. The topological polar surface area (TPSA) is 83.1 Å². The molecule has 1 unspecified atom stereocenters. The van der Waals surface area contributed by atoms with E-state index in [9.17, 15) is 18.4 Å². The first-order valence-electron chi connectivity index (χ1n) is 10.5. The second kappa shape index (κ2) is 9.96. The summed E-state index contributed by atoms with van der Waals surface area (Å²) in [5.41, 5.74) is 2.00. The lowest BCUT2D eigenvalue weighted by atomic mass is 9.92. The molecule has 2 heterocycles. The highest BCUT2D eigenvalue weighted by atomic mass is 19.3. The average molecular weight is 430 g/mol. The molecule has 6 nitrogen and oxygen atoms in total. The van der Waals surface area contributed by atoms with E-state index in [1.54, 1.807) is 6.07 Å². The number of carbonyl (C=O) groups excluding carboxylic acids is 2. The number of pyridine rings is 1. The Balaban J connectivity index is 1.76. The summed E-state index contributed by atoms with van der Waals surface area (Å²) in [5.74, 6) is -4.49. The lowest BCUT2D eigenvalue weighted by Crippen LogP contribution is -2.45. The Kier molecular flexibility index (Phi) is 7.33. The molecule has 1 aliphatic heterocycles. The van der Waals surface area contributed by atoms with Crippen LogP contribution in [0.5, 0.6) is 0 Å². The third-order valence-electron chi connectivity index (χ3n) is 5.71. The molecule has 1 aromatic carbocycles. The summed E-state index contributed by atoms with van der Waals surface area (Å²) in [5, 5.41) is 8.22. The first-order chi connectivity index (χ1) is 14.8. The molecule has 0 aliphatic carbocycles. The van der Waals surface area contributed by atoms with Crippen molar-refractivity contribution in [2.45, 2.75) is 31.6 Å². The number of benzene rings is 1. The van der Waals surface area contributed by atoms with Crippen LogP contribution in [0.2, 0.25) is 0 Å². The highest BCUT2D eigenvalue weighted by molar-refractivity contribution is 5.98. The SMILES string of the molecule is CNC(=O)c1cc(C(=O)NCCC2CNCCC2(F)F)cc([C@@H](C)c2ccccc2)n1. The zero-order valence-corrected chi connectivity index (χ0v) is 17.8. The highest BCUT2D eigenvalue weighted by Gasteiger charge is 2.40. The minimum absolute atomic E-state index is 0.127. The third-order valence-corrected chi connectivity index (χ3v) is 5.71. The number of hydrogen-bond acceptors (Lipinski definition) is 4. The third kappa shape index (κ3) is 5.64. The van der Waals surface area contributed by atoms with E-state index < -0.39 is 23.7 Å². The van der Waals surface area contributed by atoms with Crippen LogP contribution in [-0.2, 0) is 0 Å². The number of halogens is 2. The zero-order chi connectivity index (χ0) is 22.4. The van der Waals surface area contributed by atoms with E-state index in [0.717, 1.165) is 5.56 Å². The maximum Gasteiger partial charge on any atom is 0.269 e. The molecule has 8 heteroatoms. The quantitative estimate of drug-likeness (QED) is 0.631. The minimum Gasteiger partial charge on any atom is -0.354 e. The minimum atomic E-state index is -2.72. The van der Waals surface area contributed by atoms with E-state index in [1.165, 1.54) is 13.1 Å². The summed E-state index contributed by atoms with van der Waals surface area (Å²) in [6.45, 7) is 2.61. The number of amides is 2. The van der Waals surface area contributed by atoms with Crippen molar-refractivity contribution >= 4 is 11.8 Å². The van der Waals surface area contributed by atoms with Gasteiger partial charge in [-0.05, 0) is 24.1 Å². The highest BCUT2D eigenvalue weighted by Crippen LogP contribution is 2.32. The van der Waals surface area contributed by atoms with E-state index in [-0.39, 0.29) is 43.1 Å². The second-order valence-electron chi connectivity index (χ2n) is 7.83. The van der Waals surface area contributed by atoms with Gasteiger partial charge in [-0.2, -0.15) is 0 Å². The van der Waals surface area contributed by atoms with Gasteiger partial charge in [0.05, 0.1) is 0 Å². The van der Waals surface area contributed by atoms with E-state index in [0.29, 0.717) is 12.2 Å². The molecular formula is C23H28F2N4O2. The molecule has 0 radical (unpaired) electrons. The molecule has 1 aliphatic rings. The van der Waals surface area contributed by atoms with Gasteiger partial charge < -0.3 is 16.0 Å². The molecule has 2 aromatic rings. The molecule has 2 atom stereocenters. The molecular weight excluding hydrogens is 402 g/mol. The monoisotopic (exact) mass is 430 g/mol. The maximum atomic E-state index is 14.0. The summed E-state index contributed by atoms with van der Waals surface area (Å²) in [6.07, 6.45) is -0.0153. The predicted octanol–water partition coefficient (Wildman–Crippen LogP) is 2.96. The van der Waals surface area contributed by atoms with Crippen LogP contribution in [0.25, 0.3) is 0 Å². The van der Waals surface area contributed by atoms with Crippen LogP contribution in [0.3, 0.4) is 0 Å². The molecule has 1 saturated heterocycles. The normalized spacial score (nSPS) is 18.8. The van der Waals surface area contributed by atoms with Crippen molar-refractivity contribution in [1.29, 1.82) is 0 Å².